The van der Waals surface area contributed by atoms with Crippen LogP contribution in [0.5, 0.6) is 5.75 Å². The van der Waals surface area contributed by atoms with Gasteiger partial charge in [0.25, 0.3) is 0 Å². The maximum absolute atomic E-state index is 11.4. The van der Waals surface area contributed by atoms with E-state index in [4.69, 9.17) is 9.78 Å². The molecule has 0 unspecified atom stereocenters. The molecule has 0 fully saturated rings. The molecule has 1 heterocycles. The summed E-state index contributed by atoms with van der Waals surface area (Å²) < 4.78 is 2.49. The molecule has 0 N–H and O–H groups in total. The highest BCUT2D eigenvalue weighted by Gasteiger charge is 2.10. The van der Waals surface area contributed by atoms with Crippen molar-refractivity contribution < 1.29 is 14.6 Å². The van der Waals surface area contributed by atoms with E-state index in [-0.39, 0.29) is 5.97 Å². The number of rotatable bonds is 9. The van der Waals surface area contributed by atoms with Gasteiger partial charge in [0.1, 0.15) is 0 Å². The Morgan fingerprint density at radius 3 is 2.76 bits per heavy atom. The molecule has 6 heteroatoms. The summed E-state index contributed by atoms with van der Waals surface area (Å²) >= 11 is 7.31. The van der Waals surface area contributed by atoms with Crippen molar-refractivity contribution in [2.24, 2.45) is 0 Å². The molecule has 0 amide bonds. The van der Waals surface area contributed by atoms with E-state index in [0.29, 0.717) is 12.2 Å². The third kappa shape index (κ3) is 6.00. The van der Waals surface area contributed by atoms with Crippen LogP contribution in [0.25, 0.3) is 10.1 Å². The average molecular weight is 493 g/mol. The van der Waals surface area contributed by atoms with E-state index in [0.717, 1.165) is 35.1 Å². The molecule has 0 atom stereocenters. The molecule has 0 spiro atoms. The molecule has 0 radical (unpaired) electrons. The molecule has 3 aromatic rings. The van der Waals surface area contributed by atoms with E-state index in [1.807, 2.05) is 49.1 Å². The van der Waals surface area contributed by atoms with Gasteiger partial charge in [-0.25, -0.2) is 4.79 Å². The third-order valence-corrected chi connectivity index (χ3v) is 7.53. The standard InChI is InChI=1S/C23H25BrO3S2/c1-4-6-23(25)27-26-20-11-9-18(13-15(20)2)28-12-5-7-21-16(3)19-10-8-17(24)14-22(19)29-21/h8-11,13-14H,4-7,12H2,1-3H3. The van der Waals surface area contributed by atoms with E-state index in [1.54, 1.807) is 0 Å². The highest BCUT2D eigenvalue weighted by molar-refractivity contribution is 9.10. The quantitative estimate of drug-likeness (QED) is 0.133. The van der Waals surface area contributed by atoms with Gasteiger partial charge in [-0.3, -0.25) is 9.78 Å². The van der Waals surface area contributed by atoms with Gasteiger partial charge in [-0.15, -0.1) is 23.1 Å². The molecule has 0 saturated carbocycles. The number of carbonyl (C=O) groups is 1. The minimum Gasteiger partial charge on any atom is -0.287 e. The Morgan fingerprint density at radius 2 is 2.00 bits per heavy atom. The van der Waals surface area contributed by atoms with Crippen LogP contribution in [-0.2, 0) is 16.1 Å². The molecular formula is C23H25BrO3S2. The monoisotopic (exact) mass is 492 g/mol. The second kappa shape index (κ2) is 10.5. The molecule has 0 saturated heterocycles. The summed E-state index contributed by atoms with van der Waals surface area (Å²) in [6, 6.07) is 12.5. The number of carbonyl (C=O) groups excluding carboxylic acids is 1. The third-order valence-electron chi connectivity index (χ3n) is 4.64. The first-order valence-corrected chi connectivity index (χ1v) is 12.4. The number of hydrogen-bond donors (Lipinski definition) is 0. The molecule has 3 rings (SSSR count). The lowest BCUT2D eigenvalue weighted by atomic mass is 10.1. The van der Waals surface area contributed by atoms with Crippen molar-refractivity contribution in [1.29, 1.82) is 0 Å². The van der Waals surface area contributed by atoms with Crippen LogP contribution in [0.2, 0.25) is 0 Å². The zero-order valence-corrected chi connectivity index (χ0v) is 20.1. The largest absolute Gasteiger partial charge is 0.355 e. The summed E-state index contributed by atoms with van der Waals surface area (Å²) in [5.74, 6) is 1.31. The normalized spacial score (nSPS) is 11.0. The van der Waals surface area contributed by atoms with Crippen LogP contribution in [0, 0.1) is 13.8 Å². The van der Waals surface area contributed by atoms with Gasteiger partial charge in [-0.2, -0.15) is 0 Å². The second-order valence-electron chi connectivity index (χ2n) is 6.96. The van der Waals surface area contributed by atoms with Gasteiger partial charge in [0, 0.05) is 25.4 Å². The van der Waals surface area contributed by atoms with Crippen molar-refractivity contribution in [2.45, 2.75) is 51.3 Å². The topological polar surface area (TPSA) is 35.5 Å². The second-order valence-corrected chi connectivity index (χ2v) is 10.2. The Bertz CT molecular complexity index is 997. The predicted octanol–water partition coefficient (Wildman–Crippen LogP) is 7.64. The van der Waals surface area contributed by atoms with Crippen LogP contribution < -0.4 is 4.89 Å². The molecule has 3 nitrogen and oxygen atoms in total. The number of benzene rings is 2. The molecule has 154 valence electrons. The van der Waals surface area contributed by atoms with Gasteiger partial charge in [0.15, 0.2) is 5.75 Å². The Balaban J connectivity index is 1.50. The van der Waals surface area contributed by atoms with Crippen molar-refractivity contribution in [3.63, 3.8) is 0 Å². The maximum atomic E-state index is 11.4. The lowest BCUT2D eigenvalue weighted by Crippen LogP contribution is -2.07. The average Bonchev–Trinajstić information content (AvgIpc) is 2.99. The van der Waals surface area contributed by atoms with Gasteiger partial charge < -0.3 is 0 Å². The van der Waals surface area contributed by atoms with Gasteiger partial charge >= 0.3 is 5.97 Å². The van der Waals surface area contributed by atoms with Crippen molar-refractivity contribution in [1.82, 2.24) is 0 Å². The molecule has 0 aliphatic rings. The van der Waals surface area contributed by atoms with Crippen molar-refractivity contribution in [3.8, 4) is 5.75 Å². The number of hydrogen-bond acceptors (Lipinski definition) is 5. The molecule has 1 aromatic heterocycles. The fourth-order valence-corrected chi connectivity index (χ4v) is 5.81. The van der Waals surface area contributed by atoms with Crippen molar-refractivity contribution in [2.75, 3.05) is 5.75 Å². The highest BCUT2D eigenvalue weighted by Crippen LogP contribution is 2.34. The zero-order chi connectivity index (χ0) is 20.8. The summed E-state index contributed by atoms with van der Waals surface area (Å²) in [6.07, 6.45) is 3.34. The fraction of sp³-hybridized carbons (Fsp3) is 0.348. The Morgan fingerprint density at radius 1 is 1.17 bits per heavy atom. The smallest absolute Gasteiger partial charge is 0.287 e. The van der Waals surface area contributed by atoms with Crippen molar-refractivity contribution in [3.05, 3.63) is 56.9 Å². The van der Waals surface area contributed by atoms with Crippen LogP contribution in [0.4, 0.5) is 0 Å². The molecule has 0 aliphatic carbocycles. The number of aryl methyl sites for hydroxylation is 3. The minimum absolute atomic E-state index is 0.339. The molecule has 0 aliphatic heterocycles. The molecule has 2 aromatic carbocycles. The summed E-state index contributed by atoms with van der Waals surface area (Å²) in [6.45, 7) is 6.12. The minimum atomic E-state index is -0.339. The van der Waals surface area contributed by atoms with Crippen LogP contribution in [-0.4, -0.2) is 11.7 Å². The lowest BCUT2D eigenvalue weighted by molar-refractivity contribution is -0.214. The summed E-state index contributed by atoms with van der Waals surface area (Å²) in [5, 5.41) is 1.37. The van der Waals surface area contributed by atoms with E-state index in [9.17, 15) is 4.79 Å². The van der Waals surface area contributed by atoms with E-state index < -0.39 is 0 Å². The Kier molecular flexibility index (Phi) is 8.04. The molecule has 0 bridgehead atoms. The zero-order valence-electron chi connectivity index (χ0n) is 16.9. The first kappa shape index (κ1) is 22.2. The molecular weight excluding hydrogens is 468 g/mol. The van der Waals surface area contributed by atoms with E-state index in [2.05, 4.69) is 47.1 Å². The lowest BCUT2D eigenvalue weighted by Gasteiger charge is -2.08. The number of fused-ring (bicyclic) bond motifs is 1. The van der Waals surface area contributed by atoms with Gasteiger partial charge in [0.2, 0.25) is 0 Å². The fourth-order valence-electron chi connectivity index (χ4n) is 3.05. The van der Waals surface area contributed by atoms with E-state index in [1.165, 1.54) is 25.4 Å². The first-order chi connectivity index (χ1) is 14.0. The Labute approximate surface area is 188 Å². The number of halogens is 1. The number of thioether (sulfide) groups is 1. The van der Waals surface area contributed by atoms with Gasteiger partial charge in [-0.05, 0) is 85.7 Å². The van der Waals surface area contributed by atoms with Gasteiger partial charge in [0.05, 0.1) is 0 Å². The van der Waals surface area contributed by atoms with Crippen molar-refractivity contribution >= 4 is 55.1 Å². The van der Waals surface area contributed by atoms with Gasteiger partial charge in [-0.1, -0.05) is 28.9 Å². The number of thiophene rings is 1. The predicted molar refractivity (Wildman–Crippen MR) is 126 cm³/mol. The molecule has 29 heavy (non-hydrogen) atoms. The van der Waals surface area contributed by atoms with Crippen LogP contribution in [0.15, 0.2) is 45.8 Å². The summed E-state index contributed by atoms with van der Waals surface area (Å²) in [4.78, 5) is 24.1. The Hall–Kier alpha value is -1.50. The SMILES string of the molecule is CCCC(=O)OOc1ccc(SCCCc2sc3cc(Br)ccc3c2C)cc1C. The maximum Gasteiger partial charge on any atom is 0.355 e. The highest BCUT2D eigenvalue weighted by atomic mass is 79.9. The van der Waals surface area contributed by atoms with Crippen LogP contribution in [0.1, 0.15) is 42.2 Å². The van der Waals surface area contributed by atoms with Crippen LogP contribution in [0.3, 0.4) is 0 Å². The summed E-state index contributed by atoms with van der Waals surface area (Å²) in [7, 11) is 0. The first-order valence-electron chi connectivity index (χ1n) is 9.76. The summed E-state index contributed by atoms with van der Waals surface area (Å²) in [5.41, 5.74) is 2.38. The van der Waals surface area contributed by atoms with Crippen LogP contribution >= 0.6 is 39.0 Å². The van der Waals surface area contributed by atoms with E-state index >= 15 is 0 Å².